The maximum absolute atomic E-state index is 13.1. The number of hydrogen-bond donors (Lipinski definition) is 4. The number of carbonyl (C=O) groups is 2. The van der Waals surface area contributed by atoms with Crippen molar-refractivity contribution >= 4 is 11.8 Å². The number of piperidine rings is 2. The summed E-state index contributed by atoms with van der Waals surface area (Å²) in [5.74, 6) is -1.83. The average molecular weight is 382 g/mol. The molecular formula is C18H30N4O5. The number of nitrogens with one attached hydrogen (secondary N) is 2. The number of carbonyl (C=O) groups excluding carboxylic acids is 1. The molecular weight excluding hydrogens is 352 g/mol. The molecule has 0 spiro atoms. The molecule has 4 heterocycles. The first kappa shape index (κ1) is 19.2. The molecule has 0 bridgehead atoms. The number of aliphatic carboxylic acids is 1. The lowest BCUT2D eigenvalue weighted by Gasteiger charge is -2.49. The van der Waals surface area contributed by atoms with Gasteiger partial charge in [0.2, 0.25) is 0 Å². The Labute approximate surface area is 158 Å². The van der Waals surface area contributed by atoms with Gasteiger partial charge in [-0.25, -0.2) is 0 Å². The molecule has 4 aliphatic rings. The van der Waals surface area contributed by atoms with Crippen LogP contribution in [0.4, 0.5) is 0 Å². The molecule has 4 fully saturated rings. The van der Waals surface area contributed by atoms with Crippen LogP contribution in [0.1, 0.15) is 19.3 Å². The van der Waals surface area contributed by atoms with Gasteiger partial charge in [-0.2, -0.15) is 0 Å². The van der Waals surface area contributed by atoms with Gasteiger partial charge in [-0.15, -0.1) is 0 Å². The van der Waals surface area contributed by atoms with Crippen molar-refractivity contribution in [1.29, 1.82) is 0 Å². The molecule has 0 aromatic rings. The lowest BCUT2D eigenvalue weighted by Crippen LogP contribution is -2.67. The number of ether oxygens (including phenoxy) is 2. The van der Waals surface area contributed by atoms with E-state index < -0.39 is 30.2 Å². The minimum absolute atomic E-state index is 0.116. The second-order valence-corrected chi connectivity index (χ2v) is 8.22. The summed E-state index contributed by atoms with van der Waals surface area (Å²) >= 11 is 0. The van der Waals surface area contributed by atoms with Crippen LogP contribution in [0, 0.1) is 23.7 Å². The minimum atomic E-state index is -0.964. The number of carboxylic acids is 1. The lowest BCUT2D eigenvalue weighted by molar-refractivity contribution is -0.188. The van der Waals surface area contributed by atoms with Gasteiger partial charge in [-0.05, 0) is 31.7 Å². The maximum atomic E-state index is 13.1. The molecule has 5 N–H and O–H groups in total. The highest BCUT2D eigenvalue weighted by molar-refractivity contribution is 5.86. The van der Waals surface area contributed by atoms with Crippen molar-refractivity contribution in [2.75, 3.05) is 39.4 Å². The first-order valence-corrected chi connectivity index (χ1v) is 10.00. The number of rotatable bonds is 4. The number of fused-ring (bicyclic) bond motifs is 2. The third kappa shape index (κ3) is 4.03. The Bertz CT molecular complexity index is 570. The zero-order valence-electron chi connectivity index (χ0n) is 15.5. The number of nitrogens with zero attached hydrogens (tertiary/aromatic N) is 1. The van der Waals surface area contributed by atoms with Crippen molar-refractivity contribution < 1.29 is 24.2 Å². The standard InChI is InChI=1S/C18H30N4O5/c19-15-13(18(24)25)8-12-14(23)11-7-10(1-2-22-3-5-26-6-4-22)9-20-16(11)27-17(12)21-15/h10-13,15-17,20-21H,1-9,19H2,(H,24,25). The van der Waals surface area contributed by atoms with Crippen LogP contribution >= 0.6 is 0 Å². The molecule has 0 saturated carbocycles. The lowest BCUT2D eigenvalue weighted by atomic mass is 9.74. The number of morpholine rings is 1. The van der Waals surface area contributed by atoms with Gasteiger partial charge in [0.1, 0.15) is 18.2 Å². The van der Waals surface area contributed by atoms with Gasteiger partial charge in [0.15, 0.2) is 0 Å². The molecule has 0 aromatic carbocycles. The smallest absolute Gasteiger partial charge is 0.309 e. The molecule has 9 heteroatoms. The second-order valence-electron chi connectivity index (χ2n) is 8.22. The summed E-state index contributed by atoms with van der Waals surface area (Å²) in [4.78, 5) is 26.9. The highest BCUT2D eigenvalue weighted by atomic mass is 16.5. The van der Waals surface area contributed by atoms with Gasteiger partial charge < -0.3 is 20.3 Å². The summed E-state index contributed by atoms with van der Waals surface area (Å²) in [5, 5.41) is 15.7. The van der Waals surface area contributed by atoms with E-state index in [2.05, 4.69) is 15.5 Å². The normalized spacial score (nSPS) is 43.0. The summed E-state index contributed by atoms with van der Waals surface area (Å²) < 4.78 is 11.5. The highest BCUT2D eigenvalue weighted by Gasteiger charge is 2.51. The van der Waals surface area contributed by atoms with Crippen LogP contribution in [0.15, 0.2) is 0 Å². The molecule has 9 nitrogen and oxygen atoms in total. The second kappa shape index (κ2) is 8.10. The highest BCUT2D eigenvalue weighted by Crippen LogP contribution is 2.38. The zero-order chi connectivity index (χ0) is 19.0. The van der Waals surface area contributed by atoms with E-state index in [1.807, 2.05) is 0 Å². The molecule has 7 unspecified atom stereocenters. The van der Waals surface area contributed by atoms with E-state index >= 15 is 0 Å². The monoisotopic (exact) mass is 382 g/mol. The van der Waals surface area contributed by atoms with E-state index in [4.69, 9.17) is 15.2 Å². The van der Waals surface area contributed by atoms with Gasteiger partial charge in [0.05, 0.1) is 37.1 Å². The van der Waals surface area contributed by atoms with Gasteiger partial charge in [0, 0.05) is 19.6 Å². The Morgan fingerprint density at radius 1 is 1.22 bits per heavy atom. The third-order valence-electron chi connectivity index (χ3n) is 6.52. The molecule has 0 aromatic heterocycles. The number of carboxylic acid groups (broad SMARTS) is 1. The van der Waals surface area contributed by atoms with Crippen molar-refractivity contribution in [2.24, 2.45) is 29.4 Å². The van der Waals surface area contributed by atoms with Crippen molar-refractivity contribution in [3.05, 3.63) is 0 Å². The Hall–Kier alpha value is -1.10. The van der Waals surface area contributed by atoms with Gasteiger partial charge in [0.25, 0.3) is 0 Å². The van der Waals surface area contributed by atoms with Crippen molar-refractivity contribution in [3.8, 4) is 0 Å². The number of hydrogen-bond acceptors (Lipinski definition) is 8. The first-order valence-electron chi connectivity index (χ1n) is 10.00. The summed E-state index contributed by atoms with van der Waals surface area (Å²) in [6, 6.07) is 0. The van der Waals surface area contributed by atoms with Crippen LogP contribution < -0.4 is 16.4 Å². The molecule has 27 heavy (non-hydrogen) atoms. The summed E-state index contributed by atoms with van der Waals surface area (Å²) in [6.07, 6.45) is 0.584. The SMILES string of the molecule is NC1NC2OC3NCC(CCN4CCOCC4)CC3C(=O)C2CC1C(=O)O. The average Bonchev–Trinajstić information content (AvgIpc) is 2.67. The third-order valence-corrected chi connectivity index (χ3v) is 6.52. The predicted molar refractivity (Wildman–Crippen MR) is 95.5 cm³/mol. The van der Waals surface area contributed by atoms with Gasteiger partial charge >= 0.3 is 5.97 Å². The molecule has 4 rings (SSSR count). The van der Waals surface area contributed by atoms with Gasteiger partial charge in [-0.3, -0.25) is 25.1 Å². The van der Waals surface area contributed by atoms with Crippen LogP contribution in [-0.2, 0) is 19.1 Å². The predicted octanol–water partition coefficient (Wildman–Crippen LogP) is -1.22. The summed E-state index contributed by atoms with van der Waals surface area (Å²) in [7, 11) is 0. The minimum Gasteiger partial charge on any atom is -0.481 e. The van der Waals surface area contributed by atoms with Crippen LogP contribution in [0.3, 0.4) is 0 Å². The van der Waals surface area contributed by atoms with E-state index in [-0.39, 0.29) is 24.3 Å². The summed E-state index contributed by atoms with van der Waals surface area (Å²) in [6.45, 7) is 5.39. The van der Waals surface area contributed by atoms with Crippen molar-refractivity contribution in [1.82, 2.24) is 15.5 Å². The number of nitrogens with two attached hydrogens (primary N) is 1. The van der Waals surface area contributed by atoms with Crippen LogP contribution in [-0.4, -0.2) is 79.8 Å². The molecule has 0 aliphatic carbocycles. The first-order chi connectivity index (χ1) is 13.0. The van der Waals surface area contributed by atoms with Crippen LogP contribution in [0.25, 0.3) is 0 Å². The van der Waals surface area contributed by atoms with E-state index in [1.54, 1.807) is 0 Å². The Morgan fingerprint density at radius 3 is 2.70 bits per heavy atom. The summed E-state index contributed by atoms with van der Waals surface area (Å²) in [5.41, 5.74) is 5.92. The van der Waals surface area contributed by atoms with E-state index in [1.165, 1.54) is 0 Å². The zero-order valence-corrected chi connectivity index (χ0v) is 15.5. The Balaban J connectivity index is 1.35. The van der Waals surface area contributed by atoms with E-state index in [0.29, 0.717) is 5.92 Å². The van der Waals surface area contributed by atoms with E-state index in [0.717, 1.165) is 52.2 Å². The molecule has 152 valence electrons. The number of ketones is 1. The molecule has 0 radical (unpaired) electrons. The largest absolute Gasteiger partial charge is 0.481 e. The topological polar surface area (TPSA) is 126 Å². The fourth-order valence-electron chi connectivity index (χ4n) is 4.86. The van der Waals surface area contributed by atoms with Crippen molar-refractivity contribution in [2.45, 2.75) is 37.9 Å². The van der Waals surface area contributed by atoms with Crippen LogP contribution in [0.5, 0.6) is 0 Å². The molecule has 0 amide bonds. The van der Waals surface area contributed by atoms with Crippen molar-refractivity contribution in [3.63, 3.8) is 0 Å². The van der Waals surface area contributed by atoms with E-state index in [9.17, 15) is 14.7 Å². The quantitative estimate of drug-likeness (QED) is 0.473. The fraction of sp³-hybridized carbons (Fsp3) is 0.889. The number of Topliss-reactive ketones (excluding diaryl/α,β-unsaturated/α-hetero) is 1. The fourth-order valence-corrected chi connectivity index (χ4v) is 4.86. The van der Waals surface area contributed by atoms with Crippen LogP contribution in [0.2, 0.25) is 0 Å². The molecule has 4 saturated heterocycles. The Kier molecular flexibility index (Phi) is 5.77. The van der Waals surface area contributed by atoms with Gasteiger partial charge in [-0.1, -0.05) is 0 Å². The molecule has 4 aliphatic heterocycles. The maximum Gasteiger partial charge on any atom is 0.309 e. The molecule has 7 atom stereocenters. The Morgan fingerprint density at radius 2 is 1.96 bits per heavy atom.